The average molecular weight is 442 g/mol. The summed E-state index contributed by atoms with van der Waals surface area (Å²) >= 11 is 0. The molecule has 0 unspecified atom stereocenters. The summed E-state index contributed by atoms with van der Waals surface area (Å²) in [5.74, 6) is 0.888. The molecule has 0 bridgehead atoms. The first-order chi connectivity index (χ1) is 16.2. The second-order valence-corrected chi connectivity index (χ2v) is 8.44. The summed E-state index contributed by atoms with van der Waals surface area (Å²) < 4.78 is 11.5. The third-order valence-corrected chi connectivity index (χ3v) is 6.30. The summed E-state index contributed by atoms with van der Waals surface area (Å²) in [5.41, 5.74) is 3.79. The number of nitrogens with zero attached hydrogens (tertiary/aromatic N) is 3. The van der Waals surface area contributed by atoms with Crippen LogP contribution in [0.25, 0.3) is 0 Å². The second-order valence-electron chi connectivity index (χ2n) is 8.44. The van der Waals surface area contributed by atoms with Crippen molar-refractivity contribution >= 4 is 17.3 Å². The molecule has 0 radical (unpaired) electrons. The van der Waals surface area contributed by atoms with Crippen molar-refractivity contribution in [2.24, 2.45) is 16.1 Å². The van der Waals surface area contributed by atoms with E-state index in [0.29, 0.717) is 26.2 Å². The zero-order valence-electron chi connectivity index (χ0n) is 18.6. The lowest BCUT2D eigenvalue weighted by Gasteiger charge is -2.35. The monoisotopic (exact) mass is 441 g/mol. The number of hydrogen-bond acceptors (Lipinski definition) is 6. The Bertz CT molecular complexity index is 1130. The van der Waals surface area contributed by atoms with Gasteiger partial charge in [0.05, 0.1) is 24.6 Å². The van der Waals surface area contributed by atoms with Gasteiger partial charge in [0.1, 0.15) is 11.8 Å². The van der Waals surface area contributed by atoms with Gasteiger partial charge in [-0.05, 0) is 49.2 Å². The summed E-state index contributed by atoms with van der Waals surface area (Å²) in [5, 5.41) is 8.81. The average Bonchev–Trinajstić information content (AvgIpc) is 3.23. The molecule has 3 atom stereocenters. The van der Waals surface area contributed by atoms with Crippen molar-refractivity contribution in [2.45, 2.75) is 32.0 Å². The Hall–Kier alpha value is -3.51. The lowest BCUT2D eigenvalue weighted by atomic mass is 9.90. The van der Waals surface area contributed by atoms with Gasteiger partial charge < -0.3 is 9.47 Å². The van der Waals surface area contributed by atoms with Crippen molar-refractivity contribution in [3.8, 4) is 5.75 Å². The van der Waals surface area contributed by atoms with Crippen LogP contribution in [-0.4, -0.2) is 30.1 Å². The molecule has 1 saturated heterocycles. The summed E-state index contributed by atoms with van der Waals surface area (Å²) in [6.45, 7) is 3.48. The molecule has 0 saturated carbocycles. The van der Waals surface area contributed by atoms with E-state index >= 15 is 0 Å². The normalized spacial score (nSPS) is 21.9. The minimum Gasteiger partial charge on any atom is -0.493 e. The summed E-state index contributed by atoms with van der Waals surface area (Å²) in [6.07, 6.45) is 0.714. The number of esters is 1. The fourth-order valence-electron chi connectivity index (χ4n) is 4.85. The second kappa shape index (κ2) is 9.55. The van der Waals surface area contributed by atoms with E-state index in [1.807, 2.05) is 73.7 Å². The number of benzene rings is 3. The van der Waals surface area contributed by atoms with Gasteiger partial charge in [-0.25, -0.2) is 0 Å². The van der Waals surface area contributed by atoms with Crippen LogP contribution in [0.1, 0.15) is 30.5 Å². The molecular weight excluding hydrogens is 414 g/mol. The van der Waals surface area contributed by atoms with Crippen molar-refractivity contribution in [1.29, 1.82) is 0 Å². The highest BCUT2D eigenvalue weighted by atomic mass is 16.5. The fourth-order valence-corrected chi connectivity index (χ4v) is 4.85. The summed E-state index contributed by atoms with van der Waals surface area (Å²) in [6, 6.07) is 25.6. The highest BCUT2D eigenvalue weighted by Gasteiger charge is 2.48. The predicted octanol–water partition coefficient (Wildman–Crippen LogP) is 5.99. The van der Waals surface area contributed by atoms with E-state index in [9.17, 15) is 4.79 Å². The van der Waals surface area contributed by atoms with Gasteiger partial charge in [0.2, 0.25) is 0 Å². The predicted molar refractivity (Wildman–Crippen MR) is 126 cm³/mol. The Morgan fingerprint density at radius 3 is 2.48 bits per heavy atom. The Balaban J connectivity index is 1.49. The van der Waals surface area contributed by atoms with Crippen LogP contribution in [0.5, 0.6) is 5.75 Å². The Morgan fingerprint density at radius 1 is 1.00 bits per heavy atom. The van der Waals surface area contributed by atoms with Crippen LogP contribution in [0, 0.1) is 5.92 Å². The molecule has 168 valence electrons. The molecule has 2 heterocycles. The SMILES string of the molecule is CCOC(=O)[C@H]1C[C@@H]2COc3ccc(N=Nc4ccccc4)cc3[C@@H]2N1Cc1ccccc1. The minimum atomic E-state index is -0.302. The van der Waals surface area contributed by atoms with Gasteiger partial charge in [-0.2, -0.15) is 10.2 Å². The van der Waals surface area contributed by atoms with Crippen LogP contribution in [0.15, 0.2) is 89.1 Å². The van der Waals surface area contributed by atoms with E-state index in [2.05, 4.69) is 27.3 Å². The van der Waals surface area contributed by atoms with Gasteiger partial charge in [0, 0.05) is 24.1 Å². The molecule has 0 spiro atoms. The van der Waals surface area contributed by atoms with Crippen LogP contribution in [0.2, 0.25) is 0 Å². The van der Waals surface area contributed by atoms with E-state index in [1.165, 1.54) is 5.56 Å². The molecule has 33 heavy (non-hydrogen) atoms. The van der Waals surface area contributed by atoms with Crippen LogP contribution in [0.3, 0.4) is 0 Å². The number of fused-ring (bicyclic) bond motifs is 3. The molecule has 0 aromatic heterocycles. The number of rotatable bonds is 6. The number of hydrogen-bond donors (Lipinski definition) is 0. The van der Waals surface area contributed by atoms with E-state index in [0.717, 1.165) is 22.7 Å². The molecule has 0 aliphatic carbocycles. The molecule has 0 amide bonds. The molecule has 1 fully saturated rings. The molecule has 2 aliphatic rings. The van der Waals surface area contributed by atoms with Crippen molar-refractivity contribution in [3.05, 3.63) is 90.0 Å². The molecule has 0 N–H and O–H groups in total. The maximum atomic E-state index is 12.9. The number of carbonyl (C=O) groups excluding carboxylic acids is 1. The summed E-state index contributed by atoms with van der Waals surface area (Å²) in [4.78, 5) is 15.2. The van der Waals surface area contributed by atoms with Crippen LogP contribution >= 0.6 is 0 Å². The Kier molecular flexibility index (Phi) is 6.17. The maximum Gasteiger partial charge on any atom is 0.323 e. The highest BCUT2D eigenvalue weighted by Crippen LogP contribution is 2.49. The van der Waals surface area contributed by atoms with E-state index in [4.69, 9.17) is 9.47 Å². The third-order valence-electron chi connectivity index (χ3n) is 6.30. The van der Waals surface area contributed by atoms with Gasteiger partial charge in [-0.1, -0.05) is 48.5 Å². The van der Waals surface area contributed by atoms with E-state index in [-0.39, 0.29) is 24.0 Å². The van der Waals surface area contributed by atoms with Crippen molar-refractivity contribution in [1.82, 2.24) is 4.90 Å². The quantitative estimate of drug-likeness (QED) is 0.348. The van der Waals surface area contributed by atoms with Gasteiger partial charge in [0.25, 0.3) is 0 Å². The lowest BCUT2D eigenvalue weighted by molar-refractivity contribution is -0.149. The molecule has 3 aromatic rings. The largest absolute Gasteiger partial charge is 0.493 e. The number of ether oxygens (including phenoxy) is 2. The van der Waals surface area contributed by atoms with Crippen LogP contribution < -0.4 is 4.74 Å². The van der Waals surface area contributed by atoms with Crippen LogP contribution in [0.4, 0.5) is 11.4 Å². The van der Waals surface area contributed by atoms with Crippen LogP contribution in [-0.2, 0) is 16.1 Å². The molecule has 6 nitrogen and oxygen atoms in total. The first-order valence-corrected chi connectivity index (χ1v) is 11.4. The third kappa shape index (κ3) is 4.52. The topological polar surface area (TPSA) is 63.5 Å². The van der Waals surface area contributed by atoms with E-state index < -0.39 is 0 Å². The van der Waals surface area contributed by atoms with Gasteiger partial charge in [0.15, 0.2) is 0 Å². The number of azo groups is 1. The highest BCUT2D eigenvalue weighted by molar-refractivity contribution is 5.76. The first kappa shape index (κ1) is 21.3. The zero-order chi connectivity index (χ0) is 22.6. The molecular formula is C27H27N3O3. The molecule has 5 rings (SSSR count). The molecule has 3 aromatic carbocycles. The maximum absolute atomic E-state index is 12.9. The summed E-state index contributed by atoms with van der Waals surface area (Å²) in [7, 11) is 0. The Labute approximate surface area is 193 Å². The minimum absolute atomic E-state index is 0.0511. The number of carbonyl (C=O) groups is 1. The van der Waals surface area contributed by atoms with Gasteiger partial charge in [-0.3, -0.25) is 9.69 Å². The van der Waals surface area contributed by atoms with Crippen molar-refractivity contribution in [3.63, 3.8) is 0 Å². The first-order valence-electron chi connectivity index (χ1n) is 11.4. The Morgan fingerprint density at radius 2 is 1.73 bits per heavy atom. The molecule has 2 aliphatic heterocycles. The lowest BCUT2D eigenvalue weighted by Crippen LogP contribution is -2.39. The van der Waals surface area contributed by atoms with Gasteiger partial charge in [-0.15, -0.1) is 0 Å². The van der Waals surface area contributed by atoms with Crippen molar-refractivity contribution < 1.29 is 14.3 Å². The number of likely N-dealkylation sites (tertiary alicyclic amines) is 1. The smallest absolute Gasteiger partial charge is 0.323 e. The fraction of sp³-hybridized carbons (Fsp3) is 0.296. The van der Waals surface area contributed by atoms with Crippen molar-refractivity contribution in [2.75, 3.05) is 13.2 Å². The van der Waals surface area contributed by atoms with E-state index in [1.54, 1.807) is 0 Å². The van der Waals surface area contributed by atoms with Gasteiger partial charge >= 0.3 is 5.97 Å². The molecule has 6 heteroatoms. The zero-order valence-corrected chi connectivity index (χ0v) is 18.6. The standard InChI is InChI=1S/C27H27N3O3/c1-2-32-27(31)24-15-20-18-33-25-14-13-22(29-28-21-11-7-4-8-12-21)16-23(25)26(20)30(24)17-19-9-5-3-6-10-19/h3-14,16,20,24,26H,2,15,17-18H2,1H3/t20-,24-,26-/m1/s1.